The molecule has 0 atom stereocenters. The van der Waals surface area contributed by atoms with Gasteiger partial charge in [0.15, 0.2) is 0 Å². The lowest BCUT2D eigenvalue weighted by Gasteiger charge is -2.26. The third-order valence-electron chi connectivity index (χ3n) is 3.71. The molecule has 122 valence electrons. The molecule has 1 N–H and O–H groups in total. The molecule has 0 unspecified atom stereocenters. The van der Waals surface area contributed by atoms with Crippen molar-refractivity contribution in [2.24, 2.45) is 5.41 Å². The first-order valence-electron chi connectivity index (χ1n) is 8.07. The van der Waals surface area contributed by atoms with Crippen LogP contribution in [0.5, 0.6) is 0 Å². The van der Waals surface area contributed by atoms with Crippen molar-refractivity contribution < 1.29 is 9.53 Å². The minimum absolute atomic E-state index is 0.0338. The maximum atomic E-state index is 11.8. The van der Waals surface area contributed by atoms with Crippen molar-refractivity contribution in [2.75, 3.05) is 26.3 Å². The van der Waals surface area contributed by atoms with Gasteiger partial charge in [0.2, 0.25) is 5.91 Å². The first-order chi connectivity index (χ1) is 10.4. The summed E-state index contributed by atoms with van der Waals surface area (Å²) in [6, 6.07) is 8.52. The van der Waals surface area contributed by atoms with E-state index in [1.807, 2.05) is 0 Å². The van der Waals surface area contributed by atoms with Crippen molar-refractivity contribution in [1.82, 2.24) is 10.2 Å². The molecular formula is C18H28N2O2. The highest BCUT2D eigenvalue weighted by atomic mass is 16.5. The highest BCUT2D eigenvalue weighted by Gasteiger charge is 2.15. The molecule has 1 fully saturated rings. The topological polar surface area (TPSA) is 41.6 Å². The second kappa shape index (κ2) is 7.75. The monoisotopic (exact) mass is 304 g/mol. The Morgan fingerprint density at radius 3 is 2.32 bits per heavy atom. The van der Waals surface area contributed by atoms with Crippen molar-refractivity contribution in [3.05, 3.63) is 35.4 Å². The Balaban J connectivity index is 1.77. The maximum absolute atomic E-state index is 11.8. The number of hydrogen-bond acceptors (Lipinski definition) is 3. The largest absolute Gasteiger partial charge is 0.379 e. The SMILES string of the molecule is CC(C)(C)CC(=O)NCc1ccc(CN2CCOCC2)cc1. The summed E-state index contributed by atoms with van der Waals surface area (Å²) in [5.41, 5.74) is 2.49. The normalized spacial score (nSPS) is 16.5. The van der Waals surface area contributed by atoms with Gasteiger partial charge in [-0.15, -0.1) is 0 Å². The van der Waals surface area contributed by atoms with Crippen LogP contribution in [0.1, 0.15) is 38.3 Å². The summed E-state index contributed by atoms with van der Waals surface area (Å²) in [7, 11) is 0. The van der Waals surface area contributed by atoms with Crippen LogP contribution in [0.25, 0.3) is 0 Å². The van der Waals surface area contributed by atoms with E-state index in [0.29, 0.717) is 13.0 Å². The average molecular weight is 304 g/mol. The fourth-order valence-corrected chi connectivity index (χ4v) is 2.52. The molecule has 1 heterocycles. The van der Waals surface area contributed by atoms with Crippen molar-refractivity contribution in [1.29, 1.82) is 0 Å². The molecule has 0 aromatic heterocycles. The predicted molar refractivity (Wildman–Crippen MR) is 88.5 cm³/mol. The number of ether oxygens (including phenoxy) is 1. The molecule has 0 spiro atoms. The van der Waals surface area contributed by atoms with Crippen molar-refractivity contribution in [3.63, 3.8) is 0 Å². The van der Waals surface area contributed by atoms with E-state index in [2.05, 4.69) is 55.3 Å². The van der Waals surface area contributed by atoms with Crippen LogP contribution in [0.4, 0.5) is 0 Å². The lowest BCUT2D eigenvalue weighted by Crippen LogP contribution is -2.35. The summed E-state index contributed by atoms with van der Waals surface area (Å²) >= 11 is 0. The summed E-state index contributed by atoms with van der Waals surface area (Å²) in [5, 5.41) is 2.99. The Morgan fingerprint density at radius 1 is 1.14 bits per heavy atom. The molecule has 1 aliphatic heterocycles. The zero-order chi connectivity index (χ0) is 16.0. The molecule has 1 aliphatic rings. The van der Waals surface area contributed by atoms with Gasteiger partial charge in [0, 0.05) is 32.6 Å². The molecule has 1 saturated heterocycles. The number of nitrogens with one attached hydrogen (secondary N) is 1. The van der Waals surface area contributed by atoms with E-state index in [1.165, 1.54) is 5.56 Å². The van der Waals surface area contributed by atoms with Crippen LogP contribution in [-0.4, -0.2) is 37.1 Å². The molecule has 22 heavy (non-hydrogen) atoms. The minimum atomic E-state index is 0.0338. The Morgan fingerprint density at radius 2 is 1.73 bits per heavy atom. The number of hydrogen-bond donors (Lipinski definition) is 1. The third-order valence-corrected chi connectivity index (χ3v) is 3.71. The van der Waals surface area contributed by atoms with Crippen LogP contribution in [0, 0.1) is 5.41 Å². The van der Waals surface area contributed by atoms with Gasteiger partial charge in [-0.1, -0.05) is 45.0 Å². The average Bonchev–Trinajstić information content (AvgIpc) is 2.46. The second-order valence-electron chi connectivity index (χ2n) is 7.22. The molecule has 4 heteroatoms. The summed E-state index contributed by atoms with van der Waals surface area (Å²) in [4.78, 5) is 14.2. The van der Waals surface area contributed by atoms with Gasteiger partial charge >= 0.3 is 0 Å². The van der Waals surface area contributed by atoms with Gasteiger partial charge in [0.25, 0.3) is 0 Å². The summed E-state index contributed by atoms with van der Waals surface area (Å²) in [6.07, 6.45) is 0.558. The van der Waals surface area contributed by atoms with E-state index in [-0.39, 0.29) is 11.3 Å². The second-order valence-corrected chi connectivity index (χ2v) is 7.22. The smallest absolute Gasteiger partial charge is 0.220 e. The standard InChI is InChI=1S/C18H28N2O2/c1-18(2,3)12-17(21)19-13-15-4-6-16(7-5-15)14-20-8-10-22-11-9-20/h4-7H,8-14H2,1-3H3,(H,19,21). The summed E-state index contributed by atoms with van der Waals surface area (Å²) in [5.74, 6) is 0.116. The lowest BCUT2D eigenvalue weighted by atomic mass is 9.92. The van der Waals surface area contributed by atoms with Gasteiger partial charge in [0.1, 0.15) is 0 Å². The van der Waals surface area contributed by atoms with Crippen LogP contribution in [0.15, 0.2) is 24.3 Å². The molecule has 0 saturated carbocycles. The fourth-order valence-electron chi connectivity index (χ4n) is 2.52. The molecule has 1 aromatic rings. The highest BCUT2D eigenvalue weighted by molar-refractivity contribution is 5.76. The minimum Gasteiger partial charge on any atom is -0.379 e. The quantitative estimate of drug-likeness (QED) is 0.909. The summed E-state index contributed by atoms with van der Waals surface area (Å²) < 4.78 is 5.36. The number of carbonyl (C=O) groups is 1. The van der Waals surface area contributed by atoms with E-state index < -0.39 is 0 Å². The van der Waals surface area contributed by atoms with Crippen LogP contribution in [-0.2, 0) is 22.6 Å². The highest BCUT2D eigenvalue weighted by Crippen LogP contribution is 2.18. The van der Waals surface area contributed by atoms with Gasteiger partial charge in [-0.25, -0.2) is 0 Å². The predicted octanol–water partition coefficient (Wildman–Crippen LogP) is 2.57. The Labute approximate surface area is 133 Å². The van der Waals surface area contributed by atoms with Gasteiger partial charge in [-0.2, -0.15) is 0 Å². The van der Waals surface area contributed by atoms with Crippen LogP contribution >= 0.6 is 0 Å². The Hall–Kier alpha value is -1.39. The number of rotatable bonds is 5. The zero-order valence-electron chi connectivity index (χ0n) is 14.0. The van der Waals surface area contributed by atoms with Crippen molar-refractivity contribution >= 4 is 5.91 Å². The van der Waals surface area contributed by atoms with Gasteiger partial charge in [0.05, 0.1) is 13.2 Å². The van der Waals surface area contributed by atoms with Crippen molar-refractivity contribution in [3.8, 4) is 0 Å². The van der Waals surface area contributed by atoms with E-state index in [9.17, 15) is 4.79 Å². The molecule has 1 amide bonds. The van der Waals surface area contributed by atoms with Gasteiger partial charge in [-0.05, 0) is 16.5 Å². The number of benzene rings is 1. The first kappa shape index (κ1) is 17.0. The molecule has 0 bridgehead atoms. The van der Waals surface area contributed by atoms with E-state index in [0.717, 1.165) is 38.4 Å². The Kier molecular flexibility index (Phi) is 5.98. The first-order valence-corrected chi connectivity index (χ1v) is 8.07. The van der Waals surface area contributed by atoms with E-state index in [4.69, 9.17) is 4.74 Å². The van der Waals surface area contributed by atoms with Crippen LogP contribution in [0.3, 0.4) is 0 Å². The number of carbonyl (C=O) groups excluding carboxylic acids is 1. The summed E-state index contributed by atoms with van der Waals surface area (Å²) in [6.45, 7) is 11.5. The number of morpholine rings is 1. The molecule has 4 nitrogen and oxygen atoms in total. The number of nitrogens with zero attached hydrogens (tertiary/aromatic N) is 1. The zero-order valence-corrected chi connectivity index (χ0v) is 14.0. The lowest BCUT2D eigenvalue weighted by molar-refractivity contribution is -0.122. The van der Waals surface area contributed by atoms with Crippen LogP contribution < -0.4 is 5.32 Å². The van der Waals surface area contributed by atoms with Gasteiger partial charge < -0.3 is 10.1 Å². The van der Waals surface area contributed by atoms with Crippen LogP contribution in [0.2, 0.25) is 0 Å². The fraction of sp³-hybridized carbons (Fsp3) is 0.611. The van der Waals surface area contributed by atoms with E-state index >= 15 is 0 Å². The molecule has 0 aliphatic carbocycles. The van der Waals surface area contributed by atoms with E-state index in [1.54, 1.807) is 0 Å². The molecule has 2 rings (SSSR count). The molecule has 0 radical (unpaired) electrons. The third kappa shape index (κ3) is 6.16. The van der Waals surface area contributed by atoms with Gasteiger partial charge in [-0.3, -0.25) is 9.69 Å². The van der Waals surface area contributed by atoms with Crippen molar-refractivity contribution in [2.45, 2.75) is 40.3 Å². The molecule has 1 aromatic carbocycles. The molecular weight excluding hydrogens is 276 g/mol. The Bertz CT molecular complexity index is 471. The number of amides is 1. The maximum Gasteiger partial charge on any atom is 0.220 e.